The molecule has 0 radical (unpaired) electrons. The summed E-state index contributed by atoms with van der Waals surface area (Å²) < 4.78 is 34.2. The number of ether oxygens (including phenoxy) is 3. The van der Waals surface area contributed by atoms with Crippen LogP contribution in [-0.4, -0.2) is 56.2 Å². The van der Waals surface area contributed by atoms with Gasteiger partial charge in [0.05, 0.1) is 31.2 Å². The smallest absolute Gasteiger partial charge is 0.416 e. The summed E-state index contributed by atoms with van der Waals surface area (Å²) in [6.07, 6.45) is 0.554. The van der Waals surface area contributed by atoms with E-state index in [1.165, 1.54) is 34.7 Å². The van der Waals surface area contributed by atoms with Crippen molar-refractivity contribution in [2.75, 3.05) is 18.1 Å². The van der Waals surface area contributed by atoms with Crippen molar-refractivity contribution in [1.82, 2.24) is 14.6 Å². The van der Waals surface area contributed by atoms with Crippen LogP contribution in [0.4, 0.5) is 15.0 Å². The van der Waals surface area contributed by atoms with E-state index in [4.69, 9.17) is 19.4 Å². The average molecular weight is 497 g/mol. The van der Waals surface area contributed by atoms with Gasteiger partial charge in [-0.2, -0.15) is 0 Å². The standard InChI is InChI=1S/C24H24FN5O6/c1-12(28-33)20(31)14-7-18-22(30-11-26-27-21(14)30)29(23(32)36-24(2,3)4)8-15-16(25)5-6-17-19(15)13(9-34-17)10-35-18/h5-7,11,13,33H,8-10H2,1-4H3/b28-12-/t13-/m1/s1. The van der Waals surface area contributed by atoms with Gasteiger partial charge in [-0.15, -0.1) is 10.2 Å². The van der Waals surface area contributed by atoms with Crippen LogP contribution in [0, 0.1) is 5.82 Å². The minimum atomic E-state index is -0.851. The quantitative estimate of drug-likeness (QED) is 0.246. The van der Waals surface area contributed by atoms with Crippen molar-refractivity contribution < 1.29 is 33.4 Å². The largest absolute Gasteiger partial charge is 0.493 e. The number of amides is 1. The van der Waals surface area contributed by atoms with Crippen LogP contribution in [-0.2, 0) is 11.3 Å². The van der Waals surface area contributed by atoms with Crippen LogP contribution in [0.5, 0.6) is 11.5 Å². The summed E-state index contributed by atoms with van der Waals surface area (Å²) >= 11 is 0. The third-order valence-corrected chi connectivity index (χ3v) is 5.97. The number of benzene rings is 1. The van der Waals surface area contributed by atoms with Crippen molar-refractivity contribution in [1.29, 1.82) is 0 Å². The number of ketones is 1. The SMILES string of the molecule is C/C(=N/O)C(=O)c1cc2c(n3cnnc13)N(C(=O)OC(C)(C)C)Cc1c(F)ccc3c1[C@H](CO3)CO2. The number of pyridine rings is 1. The maximum atomic E-state index is 15.2. The normalized spacial score (nSPS) is 17.3. The van der Waals surface area contributed by atoms with Crippen LogP contribution in [0.3, 0.4) is 0 Å². The van der Waals surface area contributed by atoms with Crippen LogP contribution in [0.2, 0.25) is 0 Å². The van der Waals surface area contributed by atoms with Crippen LogP contribution < -0.4 is 14.4 Å². The highest BCUT2D eigenvalue weighted by Gasteiger charge is 2.37. The molecular formula is C24H24FN5O6. The van der Waals surface area contributed by atoms with Crippen molar-refractivity contribution in [3.05, 3.63) is 47.0 Å². The van der Waals surface area contributed by atoms with E-state index in [1.807, 2.05) is 0 Å². The molecule has 2 aliphatic rings. The molecule has 5 rings (SSSR count). The average Bonchev–Trinajstić information content (AvgIpc) is 3.47. The van der Waals surface area contributed by atoms with E-state index in [0.717, 1.165) is 0 Å². The van der Waals surface area contributed by atoms with Gasteiger partial charge in [-0.05, 0) is 45.9 Å². The topological polar surface area (TPSA) is 128 Å². The Balaban J connectivity index is 1.77. The molecule has 12 heteroatoms. The maximum absolute atomic E-state index is 15.2. The third kappa shape index (κ3) is 3.88. The first-order valence-corrected chi connectivity index (χ1v) is 11.3. The minimum absolute atomic E-state index is 0.0528. The molecule has 0 unspecified atom stereocenters. The number of aromatic nitrogens is 3. The zero-order chi connectivity index (χ0) is 25.8. The lowest BCUT2D eigenvalue weighted by atomic mass is 9.95. The van der Waals surface area contributed by atoms with Gasteiger partial charge in [0.1, 0.15) is 29.2 Å². The Hall–Kier alpha value is -4.22. The number of nitrogens with zero attached hydrogens (tertiary/aromatic N) is 5. The summed E-state index contributed by atoms with van der Waals surface area (Å²) in [7, 11) is 0. The van der Waals surface area contributed by atoms with Crippen LogP contribution in [0.15, 0.2) is 29.7 Å². The fraction of sp³-hybridized carbons (Fsp3) is 0.375. The Bertz CT molecular complexity index is 1430. The first kappa shape index (κ1) is 23.5. The molecule has 1 atom stereocenters. The molecule has 11 nitrogen and oxygen atoms in total. The van der Waals surface area contributed by atoms with Gasteiger partial charge in [-0.3, -0.25) is 14.1 Å². The number of rotatable bonds is 2. The Morgan fingerprint density at radius 3 is 2.64 bits per heavy atom. The van der Waals surface area contributed by atoms with Crippen LogP contribution >= 0.6 is 0 Å². The van der Waals surface area contributed by atoms with Gasteiger partial charge in [0.2, 0.25) is 5.78 Å². The van der Waals surface area contributed by atoms with Gasteiger partial charge in [0, 0.05) is 11.1 Å². The van der Waals surface area contributed by atoms with Crippen LogP contribution in [0.1, 0.15) is 55.1 Å². The molecule has 0 saturated carbocycles. The van der Waals surface area contributed by atoms with Crippen molar-refractivity contribution in [3.8, 4) is 11.5 Å². The highest BCUT2D eigenvalue weighted by atomic mass is 19.1. The number of carbonyl (C=O) groups is 2. The van der Waals surface area contributed by atoms with E-state index in [1.54, 1.807) is 26.8 Å². The van der Waals surface area contributed by atoms with E-state index in [-0.39, 0.29) is 59.7 Å². The second-order valence-electron chi connectivity index (χ2n) is 9.61. The molecule has 36 heavy (non-hydrogen) atoms. The van der Waals surface area contributed by atoms with Crippen molar-refractivity contribution in [2.24, 2.45) is 5.16 Å². The molecule has 0 spiro atoms. The van der Waals surface area contributed by atoms with Gasteiger partial charge >= 0.3 is 6.09 Å². The lowest BCUT2D eigenvalue weighted by molar-refractivity contribution is 0.0574. The van der Waals surface area contributed by atoms with E-state index < -0.39 is 23.3 Å². The lowest BCUT2D eigenvalue weighted by Gasteiger charge is -2.29. The van der Waals surface area contributed by atoms with Gasteiger partial charge < -0.3 is 19.4 Å². The molecule has 0 bridgehead atoms. The second-order valence-corrected chi connectivity index (χ2v) is 9.61. The maximum Gasteiger partial charge on any atom is 0.416 e. The zero-order valence-electron chi connectivity index (χ0n) is 20.1. The number of halogens is 1. The predicted octanol–water partition coefficient (Wildman–Crippen LogP) is 3.71. The number of oxime groups is 1. The molecule has 1 amide bonds. The summed E-state index contributed by atoms with van der Waals surface area (Å²) in [6, 6.07) is 4.27. The van der Waals surface area contributed by atoms with Crippen molar-refractivity contribution >= 4 is 29.1 Å². The van der Waals surface area contributed by atoms with E-state index in [9.17, 15) is 9.59 Å². The molecule has 188 valence electrons. The van der Waals surface area contributed by atoms with E-state index >= 15 is 4.39 Å². The summed E-state index contributed by atoms with van der Waals surface area (Å²) in [4.78, 5) is 27.7. The van der Waals surface area contributed by atoms with Gasteiger partial charge in [0.25, 0.3) is 0 Å². The fourth-order valence-corrected chi connectivity index (χ4v) is 4.38. The fourth-order valence-electron chi connectivity index (χ4n) is 4.38. The highest BCUT2D eigenvalue weighted by Crippen LogP contribution is 2.43. The number of carbonyl (C=O) groups excluding carboxylic acids is 2. The number of anilines is 1. The molecular weight excluding hydrogens is 473 g/mol. The predicted molar refractivity (Wildman–Crippen MR) is 125 cm³/mol. The van der Waals surface area contributed by atoms with E-state index in [0.29, 0.717) is 11.3 Å². The van der Waals surface area contributed by atoms with E-state index in [2.05, 4.69) is 15.4 Å². The summed E-state index contributed by atoms with van der Waals surface area (Å²) in [6.45, 7) is 6.67. The monoisotopic (exact) mass is 497 g/mol. The molecule has 0 saturated heterocycles. The summed E-state index contributed by atoms with van der Waals surface area (Å²) in [5, 5.41) is 20.1. The Kier molecular flexibility index (Phi) is 5.53. The Labute approximate surface area is 205 Å². The molecule has 3 aromatic rings. The van der Waals surface area contributed by atoms with Gasteiger partial charge in [0.15, 0.2) is 17.2 Å². The zero-order valence-corrected chi connectivity index (χ0v) is 20.1. The molecule has 1 N–H and O–H groups in total. The lowest BCUT2D eigenvalue weighted by Crippen LogP contribution is -2.38. The first-order valence-electron chi connectivity index (χ1n) is 11.3. The summed E-state index contributed by atoms with van der Waals surface area (Å²) in [5.41, 5.74) is 0.0284. The minimum Gasteiger partial charge on any atom is -0.493 e. The Morgan fingerprint density at radius 2 is 1.94 bits per heavy atom. The molecule has 2 aliphatic heterocycles. The molecule has 1 aromatic carbocycles. The molecule has 0 aliphatic carbocycles. The first-order chi connectivity index (χ1) is 17.1. The number of fused-ring (bicyclic) bond motifs is 3. The van der Waals surface area contributed by atoms with Crippen LogP contribution in [0.25, 0.3) is 5.65 Å². The van der Waals surface area contributed by atoms with Gasteiger partial charge in [-0.1, -0.05) is 5.16 Å². The number of Topliss-reactive ketones (excluding diaryl/α,β-unsaturated/α-hetero) is 1. The Morgan fingerprint density at radius 1 is 1.22 bits per heavy atom. The third-order valence-electron chi connectivity index (χ3n) is 5.97. The number of hydrogen-bond donors (Lipinski definition) is 1. The summed E-state index contributed by atoms with van der Waals surface area (Å²) in [5.74, 6) is -0.584. The molecule has 4 heterocycles. The van der Waals surface area contributed by atoms with Crippen molar-refractivity contribution in [2.45, 2.75) is 45.8 Å². The van der Waals surface area contributed by atoms with Gasteiger partial charge in [-0.25, -0.2) is 9.18 Å². The molecule has 2 aromatic heterocycles. The second kappa shape index (κ2) is 8.47. The highest BCUT2D eigenvalue weighted by molar-refractivity contribution is 6.46. The molecule has 0 fully saturated rings. The van der Waals surface area contributed by atoms with Crippen molar-refractivity contribution in [3.63, 3.8) is 0 Å². The number of hydrogen-bond acceptors (Lipinski definition) is 9.